The van der Waals surface area contributed by atoms with Gasteiger partial charge in [-0.15, -0.1) is 0 Å². The van der Waals surface area contributed by atoms with Gasteiger partial charge in [-0.3, -0.25) is 4.79 Å². The quantitative estimate of drug-likeness (QED) is 0.826. The summed E-state index contributed by atoms with van der Waals surface area (Å²) in [5.74, 6) is 0.980. The van der Waals surface area contributed by atoms with Crippen molar-refractivity contribution in [2.24, 2.45) is 5.92 Å². The molecule has 1 aliphatic heterocycles. The summed E-state index contributed by atoms with van der Waals surface area (Å²) in [6.45, 7) is 5.00. The Morgan fingerprint density at radius 3 is 2.79 bits per heavy atom. The van der Waals surface area contributed by atoms with Crippen molar-refractivity contribution in [3.63, 3.8) is 0 Å². The monoisotopic (exact) mass is 260 g/mol. The molecular weight excluding hydrogens is 236 g/mol. The highest BCUT2D eigenvalue weighted by Crippen LogP contribution is 2.20. The molecule has 104 valence electrons. The highest BCUT2D eigenvalue weighted by molar-refractivity contribution is 5.94. The third-order valence-corrected chi connectivity index (χ3v) is 4.02. The number of Topliss-reactive ketones (excluding diaryl/α,β-unsaturated/α-hetero) is 1. The molecule has 2 rings (SSSR count). The molecule has 0 saturated carbocycles. The topological polar surface area (TPSA) is 32.3 Å². The van der Waals surface area contributed by atoms with E-state index in [2.05, 4.69) is 23.3 Å². The van der Waals surface area contributed by atoms with Crippen LogP contribution in [0.3, 0.4) is 0 Å². The molecule has 0 radical (unpaired) electrons. The predicted molar refractivity (Wildman–Crippen MR) is 79.9 cm³/mol. The van der Waals surface area contributed by atoms with Crippen molar-refractivity contribution in [2.45, 2.75) is 26.2 Å². The molecule has 0 bridgehead atoms. The lowest BCUT2D eigenvalue weighted by atomic mass is 9.94. The maximum atomic E-state index is 11.4. The smallest absolute Gasteiger partial charge is 0.159 e. The number of hydrogen-bond acceptors (Lipinski definition) is 3. The second kappa shape index (κ2) is 6.71. The number of benzene rings is 1. The van der Waals surface area contributed by atoms with E-state index in [9.17, 15) is 4.79 Å². The van der Waals surface area contributed by atoms with Gasteiger partial charge in [-0.05, 0) is 57.3 Å². The highest BCUT2D eigenvalue weighted by atomic mass is 16.1. The zero-order chi connectivity index (χ0) is 13.7. The summed E-state index contributed by atoms with van der Waals surface area (Å²) in [5.41, 5.74) is 1.94. The summed E-state index contributed by atoms with van der Waals surface area (Å²) < 4.78 is 0. The maximum absolute atomic E-state index is 11.4. The van der Waals surface area contributed by atoms with Crippen molar-refractivity contribution in [3.8, 4) is 0 Å². The van der Waals surface area contributed by atoms with Gasteiger partial charge in [-0.25, -0.2) is 0 Å². The van der Waals surface area contributed by atoms with Gasteiger partial charge in [0.2, 0.25) is 0 Å². The number of piperidine rings is 1. The van der Waals surface area contributed by atoms with Crippen molar-refractivity contribution in [1.82, 2.24) is 5.32 Å². The number of carbonyl (C=O) groups excluding carboxylic acids is 1. The van der Waals surface area contributed by atoms with E-state index in [0.717, 1.165) is 36.8 Å². The molecule has 0 spiro atoms. The van der Waals surface area contributed by atoms with Gasteiger partial charge in [0.05, 0.1) is 0 Å². The molecule has 1 aromatic rings. The Morgan fingerprint density at radius 2 is 2.11 bits per heavy atom. The van der Waals surface area contributed by atoms with Crippen LogP contribution in [0.15, 0.2) is 24.3 Å². The van der Waals surface area contributed by atoms with Crippen molar-refractivity contribution in [2.75, 3.05) is 31.6 Å². The normalized spacial score (nSPS) is 16.3. The fraction of sp³-hybridized carbons (Fsp3) is 0.562. The molecule has 1 saturated heterocycles. The summed E-state index contributed by atoms with van der Waals surface area (Å²) in [7, 11) is 2.11. The lowest BCUT2D eigenvalue weighted by Gasteiger charge is -2.26. The number of anilines is 1. The number of carbonyl (C=O) groups is 1. The third-order valence-electron chi connectivity index (χ3n) is 4.02. The van der Waals surface area contributed by atoms with Crippen LogP contribution in [-0.4, -0.2) is 32.5 Å². The van der Waals surface area contributed by atoms with Gasteiger partial charge in [0.15, 0.2) is 5.78 Å². The Labute approximate surface area is 116 Å². The average Bonchev–Trinajstić information content (AvgIpc) is 2.46. The molecule has 1 N–H and O–H groups in total. The van der Waals surface area contributed by atoms with Crippen molar-refractivity contribution in [1.29, 1.82) is 0 Å². The van der Waals surface area contributed by atoms with Crippen LogP contribution in [0.25, 0.3) is 0 Å². The Morgan fingerprint density at radius 1 is 1.37 bits per heavy atom. The molecule has 3 heteroatoms. The van der Waals surface area contributed by atoms with E-state index < -0.39 is 0 Å². The maximum Gasteiger partial charge on any atom is 0.159 e. The molecule has 1 heterocycles. The summed E-state index contributed by atoms with van der Waals surface area (Å²) in [6, 6.07) is 7.92. The first-order chi connectivity index (χ1) is 9.16. The molecule has 1 fully saturated rings. The Bertz CT molecular complexity index is 425. The highest BCUT2D eigenvalue weighted by Gasteiger charge is 2.13. The Balaban J connectivity index is 1.89. The number of nitrogens with zero attached hydrogens (tertiary/aromatic N) is 1. The molecule has 3 nitrogen and oxygen atoms in total. The lowest BCUT2D eigenvalue weighted by Crippen LogP contribution is -2.30. The zero-order valence-corrected chi connectivity index (χ0v) is 12.0. The van der Waals surface area contributed by atoms with Crippen LogP contribution in [0.5, 0.6) is 0 Å². The van der Waals surface area contributed by atoms with Crippen LogP contribution in [0.2, 0.25) is 0 Å². The standard InChI is InChI=1S/C16H24N2O/c1-13(19)15-4-3-5-16(12-15)18(2)11-8-14-6-9-17-10-7-14/h3-5,12,14,17H,6-11H2,1-2H3. The van der Waals surface area contributed by atoms with Crippen molar-refractivity contribution >= 4 is 11.5 Å². The summed E-state index contributed by atoms with van der Waals surface area (Å²) in [6.07, 6.45) is 3.82. The second-order valence-corrected chi connectivity index (χ2v) is 5.51. The fourth-order valence-corrected chi connectivity index (χ4v) is 2.64. The van der Waals surface area contributed by atoms with E-state index in [1.54, 1.807) is 6.92 Å². The van der Waals surface area contributed by atoms with E-state index in [1.165, 1.54) is 19.3 Å². The molecular formula is C16H24N2O. The van der Waals surface area contributed by atoms with Crippen molar-refractivity contribution in [3.05, 3.63) is 29.8 Å². The number of nitrogens with one attached hydrogen (secondary N) is 1. The van der Waals surface area contributed by atoms with E-state index in [1.807, 2.05) is 18.2 Å². The predicted octanol–water partition coefficient (Wildman–Crippen LogP) is 2.72. The van der Waals surface area contributed by atoms with Crippen LogP contribution in [0.1, 0.15) is 36.5 Å². The van der Waals surface area contributed by atoms with E-state index in [4.69, 9.17) is 0 Å². The first kappa shape index (κ1) is 14.1. The van der Waals surface area contributed by atoms with E-state index >= 15 is 0 Å². The fourth-order valence-electron chi connectivity index (χ4n) is 2.64. The second-order valence-electron chi connectivity index (χ2n) is 5.51. The molecule has 0 aromatic heterocycles. The molecule has 0 atom stereocenters. The summed E-state index contributed by atoms with van der Waals surface area (Å²) in [5, 5.41) is 3.40. The minimum atomic E-state index is 0.133. The Kier molecular flexibility index (Phi) is 4.97. The largest absolute Gasteiger partial charge is 0.375 e. The lowest BCUT2D eigenvalue weighted by molar-refractivity contribution is 0.101. The van der Waals surface area contributed by atoms with Gasteiger partial charge in [0.1, 0.15) is 0 Å². The van der Waals surface area contributed by atoms with E-state index in [0.29, 0.717) is 0 Å². The van der Waals surface area contributed by atoms with Gasteiger partial charge < -0.3 is 10.2 Å². The van der Waals surface area contributed by atoms with Crippen molar-refractivity contribution < 1.29 is 4.79 Å². The molecule has 0 aliphatic carbocycles. The number of hydrogen-bond donors (Lipinski definition) is 1. The molecule has 19 heavy (non-hydrogen) atoms. The van der Waals surface area contributed by atoms with Gasteiger partial charge in [0.25, 0.3) is 0 Å². The van der Waals surface area contributed by atoms with Crippen LogP contribution >= 0.6 is 0 Å². The number of rotatable bonds is 5. The van der Waals surface area contributed by atoms with Gasteiger partial charge in [0, 0.05) is 24.8 Å². The average molecular weight is 260 g/mol. The minimum Gasteiger partial charge on any atom is -0.375 e. The van der Waals surface area contributed by atoms with Crippen LogP contribution in [0.4, 0.5) is 5.69 Å². The summed E-state index contributed by atoms with van der Waals surface area (Å²) >= 11 is 0. The van der Waals surface area contributed by atoms with Gasteiger partial charge >= 0.3 is 0 Å². The molecule has 0 unspecified atom stereocenters. The van der Waals surface area contributed by atoms with Crippen LogP contribution in [0, 0.1) is 5.92 Å². The minimum absolute atomic E-state index is 0.133. The van der Waals surface area contributed by atoms with Gasteiger partial charge in [-0.1, -0.05) is 12.1 Å². The summed E-state index contributed by atoms with van der Waals surface area (Å²) in [4.78, 5) is 13.7. The first-order valence-electron chi connectivity index (χ1n) is 7.19. The number of ketones is 1. The van der Waals surface area contributed by atoms with Gasteiger partial charge in [-0.2, -0.15) is 0 Å². The van der Waals surface area contributed by atoms with E-state index in [-0.39, 0.29) is 5.78 Å². The Hall–Kier alpha value is -1.35. The third kappa shape index (κ3) is 4.06. The molecule has 1 aromatic carbocycles. The molecule has 1 aliphatic rings. The first-order valence-corrected chi connectivity index (χ1v) is 7.19. The molecule has 0 amide bonds. The van der Waals surface area contributed by atoms with Crippen LogP contribution in [-0.2, 0) is 0 Å². The SMILES string of the molecule is CC(=O)c1cccc(N(C)CCC2CCNCC2)c1. The van der Waals surface area contributed by atoms with Crippen LogP contribution < -0.4 is 10.2 Å². The zero-order valence-electron chi connectivity index (χ0n) is 12.0.